The standard InChI is InChI=1S/C25H25N2.C23H16NS.Ir/c1-17(2)20-13-10-14-21(18(3)4)24(20)27-23-16-9-8-15-22(23)26-25(27)19-11-6-5-7-12-19;1-14-10-21(24-13-15(14)2)19-9-5-8-18-20-11-16-6-3-4-7-17(16)12-22(20)25-23(18)19;/h5-11,13-18H,1-4H3;3-8,10-13H,1-2H3;/q2*-1;/i;1D3,2D3;. The number of para-hydroxylation sites is 3. The van der Waals surface area contributed by atoms with Crippen molar-refractivity contribution in [3.8, 4) is 28.3 Å². The van der Waals surface area contributed by atoms with Crippen LogP contribution in [-0.2, 0) is 20.1 Å². The number of rotatable bonds is 5. The van der Waals surface area contributed by atoms with E-state index in [0.29, 0.717) is 23.1 Å². The van der Waals surface area contributed by atoms with Gasteiger partial charge in [0, 0.05) is 44.9 Å². The van der Waals surface area contributed by atoms with E-state index in [0.717, 1.165) is 53.4 Å². The molecule has 265 valence electrons. The van der Waals surface area contributed by atoms with Crippen LogP contribution in [0.3, 0.4) is 0 Å². The molecule has 6 aromatic carbocycles. The van der Waals surface area contributed by atoms with Crippen molar-refractivity contribution in [2.45, 2.75) is 53.2 Å². The quantitative estimate of drug-likeness (QED) is 0.161. The van der Waals surface area contributed by atoms with Crippen LogP contribution in [0.2, 0.25) is 0 Å². The van der Waals surface area contributed by atoms with Crippen molar-refractivity contribution < 1.29 is 28.3 Å². The molecule has 0 aliphatic carbocycles. The number of imidazole rings is 1. The van der Waals surface area contributed by atoms with Crippen LogP contribution < -0.4 is 0 Å². The van der Waals surface area contributed by atoms with Crippen LogP contribution in [0, 0.1) is 25.8 Å². The summed E-state index contributed by atoms with van der Waals surface area (Å²) in [5, 5.41) is 4.45. The Kier molecular flexibility index (Phi) is 8.46. The van der Waals surface area contributed by atoms with Crippen LogP contribution in [0.25, 0.3) is 70.3 Å². The first-order valence-corrected chi connectivity index (χ1v) is 18.4. The zero-order valence-corrected chi connectivity index (χ0v) is 33.1. The van der Waals surface area contributed by atoms with Gasteiger partial charge in [0.05, 0.1) is 16.9 Å². The molecule has 3 heterocycles. The summed E-state index contributed by atoms with van der Waals surface area (Å²) in [4.78, 5) is 9.32. The van der Waals surface area contributed by atoms with Gasteiger partial charge in [-0.2, -0.15) is 11.3 Å². The number of nitrogens with zero attached hydrogens (tertiary/aromatic N) is 3. The Hall–Kier alpha value is -4.93. The molecule has 3 aromatic heterocycles. The summed E-state index contributed by atoms with van der Waals surface area (Å²) < 4.78 is 50.9. The van der Waals surface area contributed by atoms with Gasteiger partial charge in [0.15, 0.2) is 0 Å². The molecule has 0 amide bonds. The number of aryl methyl sites for hydroxylation is 2. The third-order valence-corrected chi connectivity index (χ3v) is 10.7. The first-order chi connectivity index (χ1) is 27.7. The van der Waals surface area contributed by atoms with Gasteiger partial charge in [0.1, 0.15) is 0 Å². The monoisotopic (exact) mass is 890 g/mol. The van der Waals surface area contributed by atoms with E-state index in [9.17, 15) is 0 Å². The van der Waals surface area contributed by atoms with Crippen molar-refractivity contribution in [3.63, 3.8) is 0 Å². The average Bonchev–Trinajstić information content (AvgIpc) is 3.77. The van der Waals surface area contributed by atoms with Crippen molar-refractivity contribution >= 4 is 53.3 Å². The Morgan fingerprint density at radius 3 is 2.13 bits per heavy atom. The van der Waals surface area contributed by atoms with Crippen molar-refractivity contribution in [3.05, 3.63) is 162 Å². The average molecular weight is 890 g/mol. The minimum Gasteiger partial charge on any atom is -0.333 e. The Labute approximate surface area is 338 Å². The van der Waals surface area contributed by atoms with Gasteiger partial charge in [-0.05, 0) is 93.0 Å². The molecular formula is C48H41IrN3S-2. The minimum absolute atomic E-state index is 0. The third-order valence-electron chi connectivity index (χ3n) is 9.54. The molecule has 0 fully saturated rings. The van der Waals surface area contributed by atoms with Gasteiger partial charge >= 0.3 is 0 Å². The van der Waals surface area contributed by atoms with E-state index in [1.807, 2.05) is 36.4 Å². The maximum absolute atomic E-state index is 7.83. The first kappa shape index (κ1) is 29.5. The summed E-state index contributed by atoms with van der Waals surface area (Å²) >= 11 is 1.60. The zero-order chi connectivity index (χ0) is 40.9. The molecule has 9 rings (SSSR count). The summed E-state index contributed by atoms with van der Waals surface area (Å²) in [6.07, 6.45) is 1.17. The molecule has 53 heavy (non-hydrogen) atoms. The molecular weight excluding hydrogens is 843 g/mol. The molecule has 0 N–H and O–H groups in total. The van der Waals surface area contributed by atoms with Crippen molar-refractivity contribution in [2.75, 3.05) is 0 Å². The number of pyridine rings is 1. The van der Waals surface area contributed by atoms with E-state index < -0.39 is 13.7 Å². The maximum Gasteiger partial charge on any atom is 0.0774 e. The molecule has 0 saturated heterocycles. The van der Waals surface area contributed by atoms with E-state index >= 15 is 0 Å². The van der Waals surface area contributed by atoms with Gasteiger partial charge in [-0.3, -0.25) is 4.98 Å². The van der Waals surface area contributed by atoms with E-state index in [-0.39, 0.29) is 31.2 Å². The van der Waals surface area contributed by atoms with Gasteiger partial charge in [0.2, 0.25) is 0 Å². The van der Waals surface area contributed by atoms with E-state index in [2.05, 4.69) is 122 Å². The first-order valence-electron chi connectivity index (χ1n) is 20.6. The molecule has 9 aromatic rings. The Balaban J connectivity index is 0.000000178. The SMILES string of the molecule is CC(C)c1cccc(C(C)C)c1-n1c(-c2[c-]cccc2)nc2ccccc21.[2H]C([2H])([2H])c1cnc(-c2[c-]ccc3c2sc2cc4ccccc4cc23)cc1C([2H])([2H])[2H].[Ir]. The molecule has 0 saturated carbocycles. The largest absolute Gasteiger partial charge is 0.333 e. The molecule has 1 radical (unpaired) electrons. The van der Waals surface area contributed by atoms with E-state index in [1.165, 1.54) is 29.1 Å². The van der Waals surface area contributed by atoms with Crippen LogP contribution in [0.4, 0.5) is 0 Å². The van der Waals surface area contributed by atoms with Crippen LogP contribution in [0.5, 0.6) is 0 Å². The zero-order valence-electron chi connectivity index (χ0n) is 35.9. The second kappa shape index (κ2) is 15.2. The topological polar surface area (TPSA) is 30.7 Å². The third kappa shape index (κ3) is 6.86. The molecule has 3 nitrogen and oxygen atoms in total. The normalized spacial score (nSPS) is 13.5. The number of thiophene rings is 1. The maximum atomic E-state index is 7.83. The van der Waals surface area contributed by atoms with Gasteiger partial charge in [0.25, 0.3) is 0 Å². The van der Waals surface area contributed by atoms with Crippen LogP contribution >= 0.6 is 11.3 Å². The van der Waals surface area contributed by atoms with Crippen LogP contribution in [-0.4, -0.2) is 14.5 Å². The van der Waals surface area contributed by atoms with Gasteiger partial charge < -0.3 is 9.55 Å². The fraction of sp³-hybridized carbons (Fsp3) is 0.167. The molecule has 0 aliphatic rings. The molecule has 0 aliphatic heterocycles. The van der Waals surface area contributed by atoms with Gasteiger partial charge in [-0.25, -0.2) is 0 Å². The fourth-order valence-electron chi connectivity index (χ4n) is 6.94. The number of benzene rings is 6. The number of aromatic nitrogens is 3. The van der Waals surface area contributed by atoms with Gasteiger partial charge in [-0.1, -0.05) is 99.3 Å². The summed E-state index contributed by atoms with van der Waals surface area (Å²) in [5.74, 6) is 1.80. The van der Waals surface area contributed by atoms with Gasteiger partial charge in [-0.15, -0.1) is 59.7 Å². The van der Waals surface area contributed by atoms with E-state index in [1.54, 1.807) is 17.4 Å². The Morgan fingerprint density at radius 1 is 0.698 bits per heavy atom. The molecule has 0 atom stereocenters. The number of hydrogen-bond acceptors (Lipinski definition) is 3. The van der Waals surface area contributed by atoms with Crippen molar-refractivity contribution in [1.29, 1.82) is 0 Å². The molecule has 0 spiro atoms. The summed E-state index contributed by atoms with van der Waals surface area (Å²) in [5.41, 5.74) is 7.76. The van der Waals surface area contributed by atoms with Crippen LogP contribution in [0.1, 0.15) is 70.0 Å². The minimum atomic E-state index is -2.56. The van der Waals surface area contributed by atoms with Crippen molar-refractivity contribution in [2.24, 2.45) is 0 Å². The van der Waals surface area contributed by atoms with Crippen LogP contribution in [0.15, 0.2) is 128 Å². The predicted octanol–water partition coefficient (Wildman–Crippen LogP) is 13.4. The number of fused-ring (bicyclic) bond motifs is 5. The smallest absolute Gasteiger partial charge is 0.0774 e. The van der Waals surface area contributed by atoms with Crippen molar-refractivity contribution in [1.82, 2.24) is 14.5 Å². The molecule has 0 bridgehead atoms. The predicted molar refractivity (Wildman–Crippen MR) is 222 cm³/mol. The fourth-order valence-corrected chi connectivity index (χ4v) is 8.18. The van der Waals surface area contributed by atoms with E-state index in [4.69, 9.17) is 13.2 Å². The summed E-state index contributed by atoms with van der Waals surface area (Å²) in [6.45, 7) is 3.93. The second-order valence-corrected chi connectivity index (χ2v) is 14.7. The Morgan fingerprint density at radius 2 is 1.42 bits per heavy atom. The second-order valence-electron chi connectivity index (χ2n) is 13.6. The molecule has 5 heteroatoms. The summed E-state index contributed by atoms with van der Waals surface area (Å²) in [7, 11) is 0. The summed E-state index contributed by atoms with van der Waals surface area (Å²) in [6, 6.07) is 47.4. The Bertz CT molecular complexity index is 2920. The number of hydrogen-bond donors (Lipinski definition) is 0. The molecule has 0 unspecified atom stereocenters.